The molecule has 1 saturated heterocycles. The maximum absolute atomic E-state index is 13.7. The minimum Gasteiger partial charge on any atom is -0.357 e. The van der Waals surface area contributed by atoms with Gasteiger partial charge in [0.2, 0.25) is 0 Å². The topological polar surface area (TPSA) is 47.7 Å². The van der Waals surface area contributed by atoms with Gasteiger partial charge in [0.1, 0.15) is 5.82 Å². The van der Waals surface area contributed by atoms with E-state index in [1.807, 2.05) is 12.3 Å². The fourth-order valence-corrected chi connectivity index (χ4v) is 4.39. The Morgan fingerprint density at radius 1 is 1.11 bits per heavy atom. The highest BCUT2D eigenvalue weighted by molar-refractivity contribution is 5.80. The molecule has 1 aliphatic heterocycles. The van der Waals surface area contributed by atoms with Crippen LogP contribution in [-0.2, 0) is 6.54 Å². The number of nitrogens with one attached hydrogen (secondary N) is 2. The average Bonchev–Trinajstić information content (AvgIpc) is 3.35. The number of para-hydroxylation sites is 1. The first-order valence-corrected chi connectivity index (χ1v) is 9.84. The van der Waals surface area contributed by atoms with Crippen LogP contribution in [0.15, 0.2) is 60.8 Å². The zero-order valence-corrected chi connectivity index (χ0v) is 15.7. The monoisotopic (exact) mass is 374 g/mol. The maximum atomic E-state index is 13.7. The van der Waals surface area contributed by atoms with Crippen molar-refractivity contribution in [3.05, 3.63) is 78.0 Å². The van der Waals surface area contributed by atoms with Crippen molar-refractivity contribution in [1.82, 2.24) is 20.1 Å². The van der Waals surface area contributed by atoms with Gasteiger partial charge in [0, 0.05) is 41.5 Å². The van der Waals surface area contributed by atoms with E-state index in [2.05, 4.69) is 50.4 Å². The summed E-state index contributed by atoms with van der Waals surface area (Å²) in [7, 11) is 0. The molecule has 1 unspecified atom stereocenters. The molecule has 0 bridgehead atoms. The van der Waals surface area contributed by atoms with Gasteiger partial charge in [0.25, 0.3) is 0 Å². The molecule has 2 aromatic carbocycles. The molecule has 28 heavy (non-hydrogen) atoms. The number of likely N-dealkylation sites (tertiary alicyclic amines) is 1. The maximum Gasteiger partial charge on any atom is 0.123 e. The number of aromatic amines is 2. The molecule has 1 atom stereocenters. The Bertz CT molecular complexity index is 1060. The number of piperidine rings is 1. The van der Waals surface area contributed by atoms with E-state index in [0.29, 0.717) is 5.92 Å². The number of H-pyrrole nitrogens is 2. The van der Waals surface area contributed by atoms with Crippen molar-refractivity contribution in [2.45, 2.75) is 25.3 Å². The van der Waals surface area contributed by atoms with Crippen LogP contribution in [0, 0.1) is 5.82 Å². The van der Waals surface area contributed by atoms with Gasteiger partial charge in [-0.05, 0) is 54.6 Å². The van der Waals surface area contributed by atoms with Crippen LogP contribution in [0.5, 0.6) is 0 Å². The number of hydrogen-bond acceptors (Lipinski definition) is 2. The van der Waals surface area contributed by atoms with Crippen LogP contribution in [0.1, 0.15) is 30.1 Å². The third kappa shape index (κ3) is 3.34. The van der Waals surface area contributed by atoms with Crippen molar-refractivity contribution in [3.8, 4) is 11.1 Å². The third-order valence-corrected chi connectivity index (χ3v) is 5.70. The predicted octanol–water partition coefficient (Wildman–Crippen LogP) is 5.08. The molecule has 2 N–H and O–H groups in total. The highest BCUT2D eigenvalue weighted by Gasteiger charge is 2.25. The van der Waals surface area contributed by atoms with E-state index in [0.717, 1.165) is 49.3 Å². The van der Waals surface area contributed by atoms with Crippen molar-refractivity contribution in [1.29, 1.82) is 0 Å². The van der Waals surface area contributed by atoms with Gasteiger partial charge >= 0.3 is 0 Å². The van der Waals surface area contributed by atoms with E-state index in [4.69, 9.17) is 0 Å². The molecular formula is C23H23FN4. The van der Waals surface area contributed by atoms with Gasteiger partial charge in [-0.3, -0.25) is 10.00 Å². The molecule has 0 amide bonds. The Hall–Kier alpha value is -2.92. The molecule has 142 valence electrons. The van der Waals surface area contributed by atoms with Crippen molar-refractivity contribution in [2.75, 3.05) is 13.1 Å². The fourth-order valence-electron chi connectivity index (χ4n) is 4.39. The Balaban J connectivity index is 1.35. The lowest BCUT2D eigenvalue weighted by Gasteiger charge is -2.32. The van der Waals surface area contributed by atoms with E-state index in [9.17, 15) is 4.39 Å². The first kappa shape index (κ1) is 17.2. The van der Waals surface area contributed by atoms with E-state index < -0.39 is 0 Å². The van der Waals surface area contributed by atoms with Crippen LogP contribution < -0.4 is 0 Å². The normalized spacial score (nSPS) is 18.0. The molecule has 0 spiro atoms. The Morgan fingerprint density at radius 2 is 2.04 bits per heavy atom. The van der Waals surface area contributed by atoms with Crippen LogP contribution in [0.4, 0.5) is 4.39 Å². The van der Waals surface area contributed by atoms with Crippen molar-refractivity contribution < 1.29 is 4.39 Å². The Labute approximate surface area is 163 Å². The molecule has 0 saturated carbocycles. The standard InChI is InChI=1S/C23H23FN4/c24-19-8-3-6-16(11-19)21-13-25-27-23(21)18-7-4-10-28(14-18)15-20-12-17-5-1-2-9-22(17)26-20/h1-3,5-6,8-9,11-13,18,26H,4,7,10,14-15H2,(H,25,27). The minimum atomic E-state index is -0.214. The summed E-state index contributed by atoms with van der Waals surface area (Å²) in [5.74, 6) is 0.160. The van der Waals surface area contributed by atoms with Gasteiger partial charge in [0.15, 0.2) is 0 Å². The molecular weight excluding hydrogens is 351 g/mol. The molecule has 0 aliphatic carbocycles. The first-order valence-electron chi connectivity index (χ1n) is 9.84. The summed E-state index contributed by atoms with van der Waals surface area (Å²) in [6.45, 7) is 2.98. The number of aromatic nitrogens is 3. The third-order valence-electron chi connectivity index (χ3n) is 5.70. The molecule has 1 fully saturated rings. The summed E-state index contributed by atoms with van der Waals surface area (Å²) in [4.78, 5) is 6.03. The first-order chi connectivity index (χ1) is 13.8. The van der Waals surface area contributed by atoms with Crippen molar-refractivity contribution in [3.63, 3.8) is 0 Å². The molecule has 2 aromatic heterocycles. The fraction of sp³-hybridized carbons (Fsp3) is 0.261. The van der Waals surface area contributed by atoms with Gasteiger partial charge in [-0.2, -0.15) is 5.10 Å². The highest BCUT2D eigenvalue weighted by Crippen LogP contribution is 2.33. The molecule has 3 heterocycles. The summed E-state index contributed by atoms with van der Waals surface area (Å²) in [5, 5.41) is 8.72. The average molecular weight is 374 g/mol. The molecule has 5 heteroatoms. The number of fused-ring (bicyclic) bond motifs is 1. The summed E-state index contributed by atoms with van der Waals surface area (Å²) in [6.07, 6.45) is 4.08. The predicted molar refractivity (Wildman–Crippen MR) is 110 cm³/mol. The van der Waals surface area contributed by atoms with E-state index in [1.165, 1.54) is 22.7 Å². The van der Waals surface area contributed by atoms with Gasteiger partial charge in [0.05, 0.1) is 6.20 Å². The lowest BCUT2D eigenvalue weighted by atomic mass is 9.90. The van der Waals surface area contributed by atoms with Crippen molar-refractivity contribution in [2.24, 2.45) is 0 Å². The number of halogens is 1. The smallest absolute Gasteiger partial charge is 0.123 e. The van der Waals surface area contributed by atoms with Crippen molar-refractivity contribution >= 4 is 10.9 Å². The van der Waals surface area contributed by atoms with Crippen LogP contribution in [-0.4, -0.2) is 33.2 Å². The number of hydrogen-bond donors (Lipinski definition) is 2. The summed E-state index contributed by atoms with van der Waals surface area (Å²) >= 11 is 0. The molecule has 5 rings (SSSR count). The second kappa shape index (κ2) is 7.24. The van der Waals surface area contributed by atoms with E-state index >= 15 is 0 Å². The molecule has 4 aromatic rings. The number of rotatable bonds is 4. The van der Waals surface area contributed by atoms with Crippen LogP contribution in [0.25, 0.3) is 22.0 Å². The zero-order chi connectivity index (χ0) is 18.9. The van der Waals surface area contributed by atoms with Gasteiger partial charge in [-0.15, -0.1) is 0 Å². The second-order valence-corrected chi connectivity index (χ2v) is 7.66. The SMILES string of the molecule is Fc1cccc(-c2cn[nH]c2C2CCCN(Cc3cc4ccccc4[nH]3)C2)c1. The summed E-state index contributed by atoms with van der Waals surface area (Å²) < 4.78 is 13.7. The number of nitrogens with zero attached hydrogens (tertiary/aromatic N) is 2. The quantitative estimate of drug-likeness (QED) is 0.523. The summed E-state index contributed by atoms with van der Waals surface area (Å²) in [5.41, 5.74) is 5.45. The van der Waals surface area contributed by atoms with Crippen LogP contribution >= 0.6 is 0 Å². The Morgan fingerprint density at radius 3 is 2.93 bits per heavy atom. The summed E-state index contributed by atoms with van der Waals surface area (Å²) in [6, 6.07) is 17.4. The second-order valence-electron chi connectivity index (χ2n) is 7.66. The molecule has 1 aliphatic rings. The van der Waals surface area contributed by atoms with E-state index in [1.54, 1.807) is 12.1 Å². The minimum absolute atomic E-state index is 0.214. The largest absolute Gasteiger partial charge is 0.357 e. The lowest BCUT2D eigenvalue weighted by molar-refractivity contribution is 0.197. The lowest BCUT2D eigenvalue weighted by Crippen LogP contribution is -2.34. The van der Waals surface area contributed by atoms with E-state index in [-0.39, 0.29) is 5.82 Å². The van der Waals surface area contributed by atoms with Gasteiger partial charge < -0.3 is 4.98 Å². The Kier molecular flexibility index (Phi) is 4.45. The highest BCUT2D eigenvalue weighted by atomic mass is 19.1. The van der Waals surface area contributed by atoms with Gasteiger partial charge in [-0.25, -0.2) is 4.39 Å². The van der Waals surface area contributed by atoms with Crippen LogP contribution in [0.3, 0.4) is 0 Å². The molecule has 4 nitrogen and oxygen atoms in total. The zero-order valence-electron chi connectivity index (χ0n) is 15.7. The molecule has 0 radical (unpaired) electrons. The van der Waals surface area contributed by atoms with Gasteiger partial charge in [-0.1, -0.05) is 30.3 Å². The number of benzene rings is 2. The van der Waals surface area contributed by atoms with Crippen LogP contribution in [0.2, 0.25) is 0 Å².